The first-order valence-corrected chi connectivity index (χ1v) is 11.8. The second-order valence-electron chi connectivity index (χ2n) is 6.50. The number of nitrogens with one attached hydrogen (secondary N) is 1. The smallest absolute Gasteiger partial charge is 0.184 e. The zero-order chi connectivity index (χ0) is 24.1. The fourth-order valence-corrected chi connectivity index (χ4v) is 3.68. The van der Waals surface area contributed by atoms with E-state index in [2.05, 4.69) is 75.2 Å². The number of aromatic nitrogens is 3. The summed E-state index contributed by atoms with van der Waals surface area (Å²) in [6.45, 7) is 0.624. The molecule has 1 heterocycles. The van der Waals surface area contributed by atoms with Gasteiger partial charge in [0, 0.05) is 52.3 Å². The van der Waals surface area contributed by atoms with E-state index in [-0.39, 0.29) is 0 Å². The summed E-state index contributed by atoms with van der Waals surface area (Å²) in [5.74, 6) is 0.724. The van der Waals surface area contributed by atoms with Crippen molar-refractivity contribution in [3.8, 4) is 0 Å². The van der Waals surface area contributed by atoms with Gasteiger partial charge in [0.2, 0.25) is 0 Å². The Hall–Kier alpha value is -0.732. The number of hydrogen-bond donors (Lipinski definition) is 1. The molecule has 13 heteroatoms. The van der Waals surface area contributed by atoms with Gasteiger partial charge in [0.05, 0.1) is 5.56 Å². The predicted octanol–water partition coefficient (Wildman–Crippen LogP) is 6.64. The molecule has 1 aromatic heterocycles. The molecule has 178 valence electrons. The van der Waals surface area contributed by atoms with Crippen LogP contribution in [0.1, 0.15) is 28.1 Å². The van der Waals surface area contributed by atoms with Crippen LogP contribution in [0.2, 0.25) is 0 Å². The summed E-state index contributed by atoms with van der Waals surface area (Å²) < 4.78 is 78.0. The molecule has 4 nitrogen and oxygen atoms in total. The quantitative estimate of drug-likeness (QED) is 0.182. The maximum Gasteiger partial charge on any atom is 0.416 e. The average Bonchev–Trinajstić information content (AvgIpc) is 2.98. The number of hydrogen-bond acceptors (Lipinski definition) is 2. The summed E-state index contributed by atoms with van der Waals surface area (Å²) >= 11 is 6.20. The van der Waals surface area contributed by atoms with E-state index in [1.807, 2.05) is 8.37 Å². The van der Waals surface area contributed by atoms with Crippen molar-refractivity contribution < 1.29 is 45.7 Å². The standard InChI is InChI=1S/C11H10F3N3.C8H6F3I2N.Pt/c1-17-7-15-10(16-17)6-8-2-4-9(5-3-8)11(12,13)14;9-8(10,11)7-3-1-6(2-4-7)5-14(12)13;/h2-5H,6H2,1H3,(H,15,16);1-4H,5H2;. The van der Waals surface area contributed by atoms with Gasteiger partial charge in [-0.1, -0.05) is 12.1 Å². The Balaban J connectivity index is 0.000000235. The minimum absolute atomic E-state index is 0.481. The van der Waals surface area contributed by atoms with E-state index in [4.69, 9.17) is 0 Å². The van der Waals surface area contributed by atoms with Crippen LogP contribution in [-0.2, 0) is 51.7 Å². The van der Waals surface area contributed by atoms with Crippen LogP contribution in [0.25, 0.3) is 0 Å². The predicted molar refractivity (Wildman–Crippen MR) is 120 cm³/mol. The van der Waals surface area contributed by atoms with Gasteiger partial charge in [0.25, 0.3) is 0 Å². The summed E-state index contributed by atoms with van der Waals surface area (Å²) in [7, 11) is 1.82. The molecule has 3 rings (SSSR count). The Morgan fingerprint density at radius 1 is 0.875 bits per heavy atom. The molecule has 0 saturated carbocycles. The van der Waals surface area contributed by atoms with Crippen molar-refractivity contribution in [2.24, 2.45) is 7.05 Å². The first-order valence-electron chi connectivity index (χ1n) is 8.74. The van der Waals surface area contributed by atoms with Crippen molar-refractivity contribution in [2.45, 2.75) is 25.3 Å². The van der Waals surface area contributed by atoms with Crippen molar-refractivity contribution in [1.29, 1.82) is 0 Å². The fraction of sp³-hybridized carbons (Fsp3) is 0.263. The molecule has 1 N–H and O–H groups in total. The molecular weight excluding hydrogens is 847 g/mol. The summed E-state index contributed by atoms with van der Waals surface area (Å²) in [4.78, 5) is 4.25. The molecule has 0 fully saturated rings. The van der Waals surface area contributed by atoms with E-state index in [1.165, 1.54) is 24.3 Å². The third-order valence-corrected chi connectivity index (χ3v) is 5.71. The number of aromatic amines is 1. The number of alkyl halides is 6. The topological polar surface area (TPSA) is 36.9 Å². The average molecular weight is 863 g/mol. The van der Waals surface area contributed by atoms with E-state index < -0.39 is 23.5 Å². The molecule has 0 atom stereocenters. The van der Waals surface area contributed by atoms with Gasteiger partial charge in [-0.3, -0.25) is 0 Å². The minimum Gasteiger partial charge on any atom is -0.184 e. The van der Waals surface area contributed by atoms with Gasteiger partial charge in [-0.25, -0.2) is 0 Å². The van der Waals surface area contributed by atoms with E-state index in [1.54, 1.807) is 4.68 Å². The van der Waals surface area contributed by atoms with Crippen LogP contribution in [0.15, 0.2) is 48.5 Å². The van der Waals surface area contributed by atoms with E-state index >= 15 is 0 Å². The molecule has 3 aromatic rings. The van der Waals surface area contributed by atoms with Gasteiger partial charge in [0.15, 0.2) is 0 Å². The molecule has 0 bridgehead atoms. The molecule has 0 spiro atoms. The molecule has 0 aliphatic heterocycles. The monoisotopic (exact) mass is 863 g/mol. The largest absolute Gasteiger partial charge is 0.416 e. The molecule has 0 saturated heterocycles. The summed E-state index contributed by atoms with van der Waals surface area (Å²) in [5.41, 5.74) is 0.413. The van der Waals surface area contributed by atoms with Gasteiger partial charge in [-0.2, -0.15) is 14.5 Å². The van der Waals surface area contributed by atoms with Gasteiger partial charge in [-0.05, 0) is 17.7 Å². The van der Waals surface area contributed by atoms with Gasteiger partial charge >= 0.3 is 118 Å². The third kappa shape index (κ3) is 8.90. The summed E-state index contributed by atoms with van der Waals surface area (Å²) in [6.07, 6.45) is -8.05. The maximum atomic E-state index is 12.4. The molecule has 0 radical (unpaired) electrons. The van der Waals surface area contributed by atoms with Crippen LogP contribution in [0.5, 0.6) is 0 Å². The molecule has 2 aromatic carbocycles. The Labute approximate surface area is 218 Å². The Bertz CT molecular complexity index is 1060. The fourth-order valence-electron chi connectivity index (χ4n) is 2.46. The van der Waals surface area contributed by atoms with E-state index in [0.29, 0.717) is 13.0 Å². The zero-order valence-corrected chi connectivity index (χ0v) is 22.8. The van der Waals surface area contributed by atoms with Gasteiger partial charge < -0.3 is 0 Å². The number of nitrogens with zero attached hydrogens (tertiary/aromatic N) is 3. The number of benzene rings is 2. The molecule has 0 unspecified atom stereocenters. The van der Waals surface area contributed by atoms with Crippen LogP contribution < -0.4 is 0 Å². The molecular formula is C19H16F6I2N4Pt. The van der Waals surface area contributed by atoms with Crippen LogP contribution in [0, 0.1) is 3.80 Å². The van der Waals surface area contributed by atoms with E-state index in [9.17, 15) is 26.3 Å². The van der Waals surface area contributed by atoms with Crippen LogP contribution in [0.3, 0.4) is 0 Å². The Morgan fingerprint density at radius 2 is 1.31 bits per heavy atom. The second-order valence-corrected chi connectivity index (χ2v) is 11.7. The number of aryl methyl sites for hydroxylation is 1. The summed E-state index contributed by atoms with van der Waals surface area (Å²) in [5, 5.41) is 3.01. The van der Waals surface area contributed by atoms with Crippen molar-refractivity contribution in [3.05, 3.63) is 80.4 Å². The molecule has 32 heavy (non-hydrogen) atoms. The Morgan fingerprint density at radius 3 is 1.66 bits per heavy atom. The van der Waals surface area contributed by atoms with Crippen molar-refractivity contribution in [3.63, 3.8) is 0 Å². The zero-order valence-electron chi connectivity index (χ0n) is 16.2. The second kappa shape index (κ2) is 11.6. The first kappa shape index (κ1) is 27.5. The summed E-state index contributed by atoms with van der Waals surface area (Å²) in [6, 6.07) is 10.3. The maximum absolute atomic E-state index is 12.4. The first-order chi connectivity index (χ1) is 14.8. The molecule has 0 aliphatic carbocycles. The number of halogens is 8. The normalized spacial score (nSPS) is 12.0. The van der Waals surface area contributed by atoms with Gasteiger partial charge in [0.1, 0.15) is 0 Å². The number of rotatable bonds is 4. The number of H-pyrrole nitrogens is 1. The Kier molecular flexibility index (Phi) is 9.98. The van der Waals surface area contributed by atoms with Crippen LogP contribution >= 0.6 is 45.7 Å². The molecule has 0 amide bonds. The van der Waals surface area contributed by atoms with Gasteiger partial charge in [-0.15, -0.1) is 0 Å². The molecule has 0 aliphatic rings. The van der Waals surface area contributed by atoms with Crippen molar-refractivity contribution >= 4 is 45.7 Å². The third-order valence-electron chi connectivity index (χ3n) is 4.01. The van der Waals surface area contributed by atoms with Crippen molar-refractivity contribution in [2.75, 3.05) is 0 Å². The SMILES string of the molecule is Cn1[nH]c(Cc2ccc(C(F)(F)F)cc2)n[c]1=[Pt].FC(F)(F)c1ccc(CN(I)I)cc1. The van der Waals surface area contributed by atoms with Crippen LogP contribution in [0.4, 0.5) is 26.3 Å². The minimum atomic E-state index is -4.29. The van der Waals surface area contributed by atoms with Crippen LogP contribution in [-0.4, -0.2) is 16.1 Å². The van der Waals surface area contributed by atoms with E-state index in [0.717, 1.165) is 45.0 Å². The van der Waals surface area contributed by atoms with Crippen molar-refractivity contribution in [1.82, 2.24) is 16.1 Å².